The Labute approximate surface area is 136 Å². The second kappa shape index (κ2) is 7.31. The Morgan fingerprint density at radius 3 is 2.09 bits per heavy atom. The minimum absolute atomic E-state index is 0.132. The number of piperidine rings is 1. The molecule has 0 saturated carbocycles. The van der Waals surface area contributed by atoms with Crippen LogP contribution in [0.15, 0.2) is 0 Å². The first kappa shape index (κ1) is 19.4. The van der Waals surface area contributed by atoms with Gasteiger partial charge >= 0.3 is 0 Å². The summed E-state index contributed by atoms with van der Waals surface area (Å²) in [6, 6.07) is 0.447. The summed E-state index contributed by atoms with van der Waals surface area (Å²) in [5.41, 5.74) is -0.420. The van der Waals surface area contributed by atoms with Gasteiger partial charge in [0, 0.05) is 36.5 Å². The predicted molar refractivity (Wildman–Crippen MR) is 91.7 cm³/mol. The van der Waals surface area contributed by atoms with Gasteiger partial charge in [0.05, 0.1) is 6.10 Å². The average Bonchev–Trinajstić information content (AvgIpc) is 2.43. The summed E-state index contributed by atoms with van der Waals surface area (Å²) in [4.78, 5) is 14.3. The Morgan fingerprint density at radius 1 is 1.18 bits per heavy atom. The first-order valence-corrected chi connectivity index (χ1v) is 8.66. The lowest BCUT2D eigenvalue weighted by Crippen LogP contribution is -2.51. The van der Waals surface area contributed by atoms with Crippen LogP contribution in [0, 0.1) is 16.7 Å². The molecule has 0 bridgehead atoms. The third-order valence-corrected chi connectivity index (χ3v) is 4.70. The summed E-state index contributed by atoms with van der Waals surface area (Å²) in [5, 5.41) is 13.9. The van der Waals surface area contributed by atoms with E-state index < -0.39 is 0 Å². The molecule has 0 aromatic carbocycles. The minimum Gasteiger partial charge on any atom is -0.392 e. The molecular weight excluding hydrogens is 276 g/mol. The average molecular weight is 312 g/mol. The maximum absolute atomic E-state index is 12.3. The molecule has 1 aliphatic heterocycles. The van der Waals surface area contributed by atoms with Crippen molar-refractivity contribution in [1.29, 1.82) is 0 Å². The van der Waals surface area contributed by atoms with E-state index in [-0.39, 0.29) is 28.8 Å². The van der Waals surface area contributed by atoms with Gasteiger partial charge in [0.25, 0.3) is 0 Å². The van der Waals surface area contributed by atoms with Crippen molar-refractivity contribution >= 4 is 5.91 Å². The third-order valence-electron chi connectivity index (χ3n) is 4.70. The van der Waals surface area contributed by atoms with E-state index in [0.717, 1.165) is 32.5 Å². The number of amides is 1. The molecule has 1 fully saturated rings. The van der Waals surface area contributed by atoms with Crippen molar-refractivity contribution in [3.05, 3.63) is 0 Å². The highest BCUT2D eigenvalue weighted by molar-refractivity contribution is 5.81. The Bertz CT molecular complexity index is 364. The summed E-state index contributed by atoms with van der Waals surface area (Å²) < 4.78 is 0. The van der Waals surface area contributed by atoms with E-state index in [1.165, 1.54) is 0 Å². The van der Waals surface area contributed by atoms with Crippen LogP contribution in [0.2, 0.25) is 0 Å². The third kappa shape index (κ3) is 5.24. The highest BCUT2D eigenvalue weighted by atomic mass is 16.3. The Balaban J connectivity index is 2.42. The maximum Gasteiger partial charge on any atom is 0.227 e. The molecule has 1 rings (SSSR count). The monoisotopic (exact) mass is 312 g/mol. The second-order valence-electron chi connectivity index (χ2n) is 8.87. The number of likely N-dealkylation sites (tertiary alicyclic amines) is 1. The molecule has 4 heteroatoms. The largest absolute Gasteiger partial charge is 0.392 e. The Kier molecular flexibility index (Phi) is 6.46. The zero-order valence-electron chi connectivity index (χ0n) is 15.6. The highest BCUT2D eigenvalue weighted by Crippen LogP contribution is 2.26. The molecule has 1 heterocycles. The number of carbonyl (C=O) groups excluding carboxylic acids is 1. The van der Waals surface area contributed by atoms with Gasteiger partial charge in [-0.15, -0.1) is 0 Å². The van der Waals surface area contributed by atoms with Gasteiger partial charge in [-0.1, -0.05) is 48.5 Å². The van der Waals surface area contributed by atoms with Crippen LogP contribution >= 0.6 is 0 Å². The first-order valence-electron chi connectivity index (χ1n) is 8.66. The molecule has 0 aromatic rings. The van der Waals surface area contributed by atoms with Crippen LogP contribution in [-0.2, 0) is 4.79 Å². The molecule has 0 spiro atoms. The van der Waals surface area contributed by atoms with Crippen LogP contribution < -0.4 is 5.32 Å². The number of nitrogens with one attached hydrogen (secondary N) is 1. The van der Waals surface area contributed by atoms with Gasteiger partial charge < -0.3 is 15.3 Å². The second-order valence-corrected chi connectivity index (χ2v) is 8.87. The molecule has 0 aliphatic carbocycles. The van der Waals surface area contributed by atoms with Crippen molar-refractivity contribution in [2.24, 2.45) is 16.7 Å². The molecule has 1 unspecified atom stereocenters. The lowest BCUT2D eigenvalue weighted by Gasteiger charge is -2.39. The van der Waals surface area contributed by atoms with Crippen molar-refractivity contribution in [2.75, 3.05) is 19.6 Å². The fourth-order valence-electron chi connectivity index (χ4n) is 3.18. The van der Waals surface area contributed by atoms with Gasteiger partial charge in [-0.3, -0.25) is 4.79 Å². The first-order chi connectivity index (χ1) is 9.95. The maximum atomic E-state index is 12.3. The van der Waals surface area contributed by atoms with E-state index in [4.69, 9.17) is 0 Å². The number of hydrogen-bond donors (Lipinski definition) is 2. The fourth-order valence-corrected chi connectivity index (χ4v) is 3.18. The number of aliphatic hydroxyl groups excluding tert-OH is 1. The molecule has 0 aromatic heterocycles. The standard InChI is InChI=1S/C18H36N2O2/c1-13(2)15(21)18(6,7)12-19-14-8-10-20(11-9-14)16(22)17(3,4)5/h13-15,19,21H,8-12H2,1-7H3. The van der Waals surface area contributed by atoms with Crippen molar-refractivity contribution in [3.63, 3.8) is 0 Å². The molecule has 1 atom stereocenters. The van der Waals surface area contributed by atoms with Crippen LogP contribution in [0.4, 0.5) is 0 Å². The van der Waals surface area contributed by atoms with Gasteiger partial charge in [0.15, 0.2) is 0 Å². The molecule has 0 radical (unpaired) electrons. The molecule has 130 valence electrons. The number of aliphatic hydroxyl groups is 1. The van der Waals surface area contributed by atoms with E-state index >= 15 is 0 Å². The van der Waals surface area contributed by atoms with Crippen molar-refractivity contribution in [1.82, 2.24) is 10.2 Å². The van der Waals surface area contributed by atoms with Crippen molar-refractivity contribution < 1.29 is 9.90 Å². The van der Waals surface area contributed by atoms with Crippen LogP contribution in [0.25, 0.3) is 0 Å². The normalized spacial score (nSPS) is 19.6. The van der Waals surface area contributed by atoms with Crippen molar-refractivity contribution in [2.45, 2.75) is 73.5 Å². The van der Waals surface area contributed by atoms with Crippen LogP contribution in [0.3, 0.4) is 0 Å². The molecule has 4 nitrogen and oxygen atoms in total. The summed E-state index contributed by atoms with van der Waals surface area (Å²) in [7, 11) is 0. The SMILES string of the molecule is CC(C)C(O)C(C)(C)CNC1CCN(C(=O)C(C)(C)C)CC1. The summed E-state index contributed by atoms with van der Waals surface area (Å²) in [5.74, 6) is 0.518. The van der Waals surface area contributed by atoms with Gasteiger partial charge in [-0.2, -0.15) is 0 Å². The van der Waals surface area contributed by atoms with Gasteiger partial charge in [0.1, 0.15) is 0 Å². The summed E-state index contributed by atoms with van der Waals surface area (Å²) in [6.07, 6.45) is 1.69. The highest BCUT2D eigenvalue weighted by Gasteiger charge is 2.33. The number of nitrogens with zero attached hydrogens (tertiary/aromatic N) is 1. The molecular formula is C18H36N2O2. The fraction of sp³-hybridized carbons (Fsp3) is 0.944. The number of rotatable bonds is 5. The lowest BCUT2D eigenvalue weighted by molar-refractivity contribution is -0.140. The molecule has 2 N–H and O–H groups in total. The van der Waals surface area contributed by atoms with Crippen LogP contribution in [-0.4, -0.2) is 47.7 Å². The minimum atomic E-state index is -0.303. The zero-order chi connectivity index (χ0) is 17.1. The van der Waals surface area contributed by atoms with E-state index in [9.17, 15) is 9.90 Å². The van der Waals surface area contributed by atoms with Gasteiger partial charge in [-0.05, 0) is 18.8 Å². The lowest BCUT2D eigenvalue weighted by atomic mass is 9.80. The van der Waals surface area contributed by atoms with Crippen molar-refractivity contribution in [3.8, 4) is 0 Å². The quantitative estimate of drug-likeness (QED) is 0.820. The molecule has 1 saturated heterocycles. The Hall–Kier alpha value is -0.610. The van der Waals surface area contributed by atoms with Crippen LogP contribution in [0.1, 0.15) is 61.3 Å². The van der Waals surface area contributed by atoms with E-state index in [1.807, 2.05) is 25.7 Å². The van der Waals surface area contributed by atoms with Gasteiger partial charge in [0.2, 0.25) is 5.91 Å². The molecule has 22 heavy (non-hydrogen) atoms. The predicted octanol–water partition coefficient (Wildman–Crippen LogP) is 2.66. The van der Waals surface area contributed by atoms with E-state index in [0.29, 0.717) is 6.04 Å². The molecule has 1 amide bonds. The molecule has 1 aliphatic rings. The zero-order valence-corrected chi connectivity index (χ0v) is 15.6. The van der Waals surface area contributed by atoms with Crippen LogP contribution in [0.5, 0.6) is 0 Å². The number of hydrogen-bond acceptors (Lipinski definition) is 3. The summed E-state index contributed by atoms with van der Waals surface area (Å²) >= 11 is 0. The topological polar surface area (TPSA) is 52.6 Å². The number of carbonyl (C=O) groups is 1. The van der Waals surface area contributed by atoms with Gasteiger partial charge in [-0.25, -0.2) is 0 Å². The Morgan fingerprint density at radius 2 is 1.68 bits per heavy atom. The van der Waals surface area contributed by atoms with E-state index in [1.54, 1.807) is 0 Å². The van der Waals surface area contributed by atoms with E-state index in [2.05, 4.69) is 33.0 Å². The summed E-state index contributed by atoms with van der Waals surface area (Å²) in [6.45, 7) is 16.8. The smallest absolute Gasteiger partial charge is 0.227 e.